The lowest BCUT2D eigenvalue weighted by molar-refractivity contribution is -0.139. The number of amides is 1. The fourth-order valence-corrected chi connectivity index (χ4v) is 2.47. The molecule has 0 unspecified atom stereocenters. The molecule has 5 nitrogen and oxygen atoms in total. The molecule has 116 valence electrons. The monoisotopic (exact) mass is 318 g/mol. The molecule has 0 heterocycles. The summed E-state index contributed by atoms with van der Waals surface area (Å²) in [5.74, 6) is -1.90. The van der Waals surface area contributed by atoms with Crippen LogP contribution in [0.15, 0.2) is 29.2 Å². The van der Waals surface area contributed by atoms with E-state index in [1.54, 1.807) is 12.1 Å². The molecule has 0 bridgehead atoms. The second-order valence-corrected chi connectivity index (χ2v) is 5.48. The number of carbonyl (C=O) groups is 2. The Morgan fingerprint density at radius 2 is 2.00 bits per heavy atom. The molecule has 8 heteroatoms. The highest BCUT2D eigenvalue weighted by Gasteiger charge is 2.24. The molecule has 0 aliphatic rings. The lowest BCUT2D eigenvalue weighted by Crippen LogP contribution is -2.45. The number of rotatable bonds is 7. The fraction of sp³-hybridized carbons (Fsp3) is 0.385. The Morgan fingerprint density at radius 3 is 2.52 bits per heavy atom. The highest BCUT2D eigenvalue weighted by Crippen LogP contribution is 2.27. The molecule has 2 atom stereocenters. The quantitative estimate of drug-likeness (QED) is 0.523. The van der Waals surface area contributed by atoms with Crippen LogP contribution in [0, 0.1) is 0 Å². The van der Waals surface area contributed by atoms with Gasteiger partial charge >= 0.3 is 5.97 Å². The fourth-order valence-electron chi connectivity index (χ4n) is 1.48. The molecule has 1 aromatic rings. The summed E-state index contributed by atoms with van der Waals surface area (Å²) in [6, 6.07) is 5.39. The lowest BCUT2D eigenvalue weighted by atomic mass is 10.2. The zero-order valence-electron chi connectivity index (χ0n) is 11.3. The van der Waals surface area contributed by atoms with Gasteiger partial charge in [0.25, 0.3) is 0 Å². The lowest BCUT2D eigenvalue weighted by Gasteiger charge is -2.17. The van der Waals surface area contributed by atoms with Gasteiger partial charge in [-0.3, -0.25) is 4.79 Å². The van der Waals surface area contributed by atoms with E-state index in [1.165, 1.54) is 19.1 Å². The van der Waals surface area contributed by atoms with E-state index in [1.807, 2.05) is 0 Å². The Balaban J connectivity index is 2.89. The average Bonchev–Trinajstić information content (AvgIpc) is 2.39. The third kappa shape index (κ3) is 5.68. The van der Waals surface area contributed by atoms with Crippen molar-refractivity contribution in [2.75, 3.05) is 0 Å². The Hall–Kier alpha value is -1.67. The van der Waals surface area contributed by atoms with Crippen LogP contribution < -0.4 is 11.1 Å². The third-order valence-electron chi connectivity index (χ3n) is 2.50. The standard InChI is InChI=1S/C13H16F2N2O3S/c1-7(16)11(18)17-12(13(19)20)21-9-5-3-2-4-8(9)6-10(14)15/h2-5,7,10,12H,6,16H2,1H3,(H,17,18)(H,19,20)/t7-,12-/m1/s1. The molecule has 0 aromatic heterocycles. The first-order valence-corrected chi connectivity index (χ1v) is 7.00. The molecule has 0 saturated heterocycles. The molecule has 0 aliphatic carbocycles. The number of aliphatic carboxylic acids is 1. The van der Waals surface area contributed by atoms with Gasteiger partial charge in [0, 0.05) is 11.3 Å². The summed E-state index contributed by atoms with van der Waals surface area (Å²) >= 11 is 0.791. The molecule has 4 N–H and O–H groups in total. The highest BCUT2D eigenvalue weighted by atomic mass is 32.2. The number of nitrogens with one attached hydrogen (secondary N) is 1. The van der Waals surface area contributed by atoms with Gasteiger partial charge in [0.1, 0.15) is 0 Å². The van der Waals surface area contributed by atoms with Gasteiger partial charge in [-0.15, -0.1) is 0 Å². The van der Waals surface area contributed by atoms with Crippen molar-refractivity contribution in [3.63, 3.8) is 0 Å². The van der Waals surface area contributed by atoms with E-state index in [4.69, 9.17) is 10.8 Å². The van der Waals surface area contributed by atoms with E-state index in [0.29, 0.717) is 10.5 Å². The molecule has 0 radical (unpaired) electrons. The summed E-state index contributed by atoms with van der Waals surface area (Å²) < 4.78 is 25.0. The smallest absolute Gasteiger partial charge is 0.337 e. The van der Waals surface area contributed by atoms with E-state index < -0.39 is 36.1 Å². The molecule has 0 spiro atoms. The molecule has 1 amide bonds. The number of hydrogen-bond acceptors (Lipinski definition) is 4. The van der Waals surface area contributed by atoms with Gasteiger partial charge < -0.3 is 16.2 Å². The van der Waals surface area contributed by atoms with Gasteiger partial charge in [0.05, 0.1) is 6.04 Å². The van der Waals surface area contributed by atoms with Crippen molar-refractivity contribution in [1.29, 1.82) is 0 Å². The van der Waals surface area contributed by atoms with Crippen LogP contribution >= 0.6 is 11.8 Å². The van der Waals surface area contributed by atoms with Crippen molar-refractivity contribution in [2.24, 2.45) is 5.73 Å². The molecule has 1 aromatic carbocycles. The second-order valence-electron chi connectivity index (χ2n) is 4.34. The van der Waals surface area contributed by atoms with Crippen LogP contribution in [-0.2, 0) is 16.0 Å². The number of thioether (sulfide) groups is 1. The van der Waals surface area contributed by atoms with Gasteiger partial charge in [-0.1, -0.05) is 30.0 Å². The van der Waals surface area contributed by atoms with Crippen molar-refractivity contribution in [1.82, 2.24) is 5.32 Å². The van der Waals surface area contributed by atoms with Crippen LogP contribution in [0.5, 0.6) is 0 Å². The van der Waals surface area contributed by atoms with E-state index in [2.05, 4.69) is 5.32 Å². The van der Waals surface area contributed by atoms with Crippen LogP contribution in [0.2, 0.25) is 0 Å². The van der Waals surface area contributed by atoms with Crippen molar-refractivity contribution >= 4 is 23.6 Å². The minimum Gasteiger partial charge on any atom is -0.479 e. The van der Waals surface area contributed by atoms with Crippen molar-refractivity contribution in [3.8, 4) is 0 Å². The zero-order valence-corrected chi connectivity index (χ0v) is 12.1. The SMILES string of the molecule is C[C@@H](N)C(=O)N[C@H](Sc1ccccc1CC(F)F)C(=O)O. The first-order valence-electron chi connectivity index (χ1n) is 6.12. The zero-order chi connectivity index (χ0) is 16.0. The summed E-state index contributed by atoms with van der Waals surface area (Å²) in [7, 11) is 0. The number of carboxylic acid groups (broad SMARTS) is 1. The largest absolute Gasteiger partial charge is 0.479 e. The minimum atomic E-state index is -2.53. The van der Waals surface area contributed by atoms with E-state index >= 15 is 0 Å². The third-order valence-corrected chi connectivity index (χ3v) is 3.71. The van der Waals surface area contributed by atoms with Gasteiger partial charge in [-0.2, -0.15) is 0 Å². The van der Waals surface area contributed by atoms with Crippen LogP contribution in [0.25, 0.3) is 0 Å². The molecular formula is C13H16F2N2O3S. The Bertz CT molecular complexity index is 512. The number of halogens is 2. The molecule has 0 fully saturated rings. The van der Waals surface area contributed by atoms with Crippen LogP contribution in [0.4, 0.5) is 8.78 Å². The number of alkyl halides is 2. The van der Waals surface area contributed by atoms with E-state index in [9.17, 15) is 18.4 Å². The van der Waals surface area contributed by atoms with Gasteiger partial charge in [-0.05, 0) is 18.6 Å². The highest BCUT2D eigenvalue weighted by molar-refractivity contribution is 8.00. The predicted octanol–water partition coefficient (Wildman–Crippen LogP) is 1.46. The second kappa shape index (κ2) is 7.94. The summed E-state index contributed by atoms with van der Waals surface area (Å²) in [5.41, 5.74) is 5.69. The van der Waals surface area contributed by atoms with E-state index in [-0.39, 0.29) is 0 Å². The first-order chi connectivity index (χ1) is 9.81. The van der Waals surface area contributed by atoms with Crippen LogP contribution in [0.1, 0.15) is 12.5 Å². The maximum atomic E-state index is 12.5. The molecule has 1 rings (SSSR count). The molecule has 0 saturated carbocycles. The van der Waals surface area contributed by atoms with Crippen molar-refractivity contribution in [3.05, 3.63) is 29.8 Å². The molecular weight excluding hydrogens is 302 g/mol. The normalized spacial score (nSPS) is 13.8. The summed E-state index contributed by atoms with van der Waals surface area (Å²) in [4.78, 5) is 23.0. The van der Waals surface area contributed by atoms with Crippen molar-refractivity contribution in [2.45, 2.75) is 36.1 Å². The summed E-state index contributed by atoms with van der Waals surface area (Å²) in [6.45, 7) is 1.42. The first kappa shape index (κ1) is 17.4. The van der Waals surface area contributed by atoms with E-state index in [0.717, 1.165) is 11.8 Å². The maximum Gasteiger partial charge on any atom is 0.337 e. The molecule has 21 heavy (non-hydrogen) atoms. The summed E-state index contributed by atoms with van der Waals surface area (Å²) in [5, 5.41) is 10.1. The number of nitrogens with two attached hydrogens (primary N) is 1. The predicted molar refractivity (Wildman–Crippen MR) is 75.2 cm³/mol. The number of benzene rings is 1. The van der Waals surface area contributed by atoms with Crippen LogP contribution in [0.3, 0.4) is 0 Å². The van der Waals surface area contributed by atoms with Crippen molar-refractivity contribution < 1.29 is 23.5 Å². The van der Waals surface area contributed by atoms with Gasteiger partial charge in [-0.25, -0.2) is 13.6 Å². The number of hydrogen-bond donors (Lipinski definition) is 3. The van der Waals surface area contributed by atoms with Crippen LogP contribution in [-0.4, -0.2) is 34.8 Å². The van der Waals surface area contributed by atoms with Gasteiger partial charge in [0.15, 0.2) is 5.37 Å². The number of carboxylic acids is 1. The van der Waals surface area contributed by atoms with Gasteiger partial charge in [0.2, 0.25) is 12.3 Å². The number of carbonyl (C=O) groups excluding carboxylic acids is 1. The maximum absolute atomic E-state index is 12.5. The molecule has 0 aliphatic heterocycles. The topological polar surface area (TPSA) is 92.4 Å². The Kier molecular flexibility index (Phi) is 6.57. The Morgan fingerprint density at radius 1 is 1.38 bits per heavy atom. The average molecular weight is 318 g/mol. The summed E-state index contributed by atoms with van der Waals surface area (Å²) in [6.07, 6.45) is -3.01. The minimum absolute atomic E-state index is 0.332. The Labute approximate surface area is 124 Å².